The largest absolute Gasteiger partial charge is 0.423 e. The van der Waals surface area contributed by atoms with Crippen LogP contribution in [0.15, 0.2) is 92.5 Å². The minimum atomic E-state index is -0.626. The van der Waals surface area contributed by atoms with Gasteiger partial charge in [-0.15, -0.1) is 0 Å². The monoisotopic (exact) mass is 589 g/mol. The standard InChI is InChI=1S/C32H38ClN5O2.C2H6/c1-7-19(3)17-23(21(5)20(4)8-2)18-34-30(39)28-22(6)35-31(37-29(28)24-13-9-10-14-25(24)33)38-32-36-26-15-11-12-16-27(26)40-32;1-2/h8-17,19,21,29H,7,18H2,1-6H3,(H,34,39)(H2,35,36,37,38);1-2H3/b20-8-,23-17-;. The van der Waals surface area contributed by atoms with Crippen molar-refractivity contribution in [1.29, 1.82) is 0 Å². The number of hydrogen-bond donors (Lipinski definition) is 3. The van der Waals surface area contributed by atoms with Crippen molar-refractivity contribution in [3.8, 4) is 0 Å². The molecule has 224 valence electrons. The highest BCUT2D eigenvalue weighted by Crippen LogP contribution is 2.35. The van der Waals surface area contributed by atoms with E-state index in [1.807, 2.05) is 76.2 Å². The number of allylic oxidation sites excluding steroid dienone is 4. The fourth-order valence-electron chi connectivity index (χ4n) is 4.64. The summed E-state index contributed by atoms with van der Waals surface area (Å²) >= 11 is 6.62. The number of carbonyl (C=O) groups is 1. The number of aliphatic imine (C=N–C) groups is 1. The number of hydrogen-bond acceptors (Lipinski definition) is 6. The number of aromatic nitrogens is 1. The Labute approximate surface area is 255 Å². The molecule has 0 spiro atoms. The number of anilines is 1. The third kappa shape index (κ3) is 7.91. The average molecular weight is 590 g/mol. The van der Waals surface area contributed by atoms with Crippen LogP contribution in [0.2, 0.25) is 5.02 Å². The number of oxazole rings is 1. The van der Waals surface area contributed by atoms with Gasteiger partial charge in [-0.3, -0.25) is 10.1 Å². The van der Waals surface area contributed by atoms with Crippen molar-refractivity contribution in [2.24, 2.45) is 16.8 Å². The number of amides is 1. The number of nitrogens with zero attached hydrogens (tertiary/aromatic N) is 2. The smallest absolute Gasteiger partial charge is 0.302 e. The minimum absolute atomic E-state index is 0.194. The maximum atomic E-state index is 13.8. The van der Waals surface area contributed by atoms with Gasteiger partial charge in [0, 0.05) is 22.8 Å². The van der Waals surface area contributed by atoms with Gasteiger partial charge >= 0.3 is 6.01 Å². The van der Waals surface area contributed by atoms with Gasteiger partial charge < -0.3 is 15.1 Å². The lowest BCUT2D eigenvalue weighted by Crippen LogP contribution is -2.39. The molecule has 0 aliphatic carbocycles. The Hall–Kier alpha value is -3.84. The summed E-state index contributed by atoms with van der Waals surface area (Å²) in [5.74, 6) is 0.862. The Morgan fingerprint density at radius 1 is 1.14 bits per heavy atom. The fourth-order valence-corrected chi connectivity index (χ4v) is 4.88. The summed E-state index contributed by atoms with van der Waals surface area (Å²) in [5, 5.41) is 10.1. The Morgan fingerprint density at radius 2 is 1.83 bits per heavy atom. The summed E-state index contributed by atoms with van der Waals surface area (Å²) < 4.78 is 5.83. The lowest BCUT2D eigenvalue weighted by molar-refractivity contribution is -0.117. The molecule has 1 aliphatic rings. The molecule has 0 saturated carbocycles. The zero-order chi connectivity index (χ0) is 30.8. The normalized spacial score (nSPS) is 17.1. The van der Waals surface area contributed by atoms with Crippen LogP contribution in [0.25, 0.3) is 11.1 Å². The molecule has 3 N–H and O–H groups in total. The van der Waals surface area contributed by atoms with Crippen molar-refractivity contribution in [3.63, 3.8) is 0 Å². The first-order valence-corrected chi connectivity index (χ1v) is 15.1. The summed E-state index contributed by atoms with van der Waals surface area (Å²) in [6.45, 7) is 17.0. The average Bonchev–Trinajstić information content (AvgIpc) is 3.41. The number of halogens is 1. The Balaban J connectivity index is 0.00000237. The van der Waals surface area contributed by atoms with Gasteiger partial charge in [-0.2, -0.15) is 4.98 Å². The first kappa shape index (κ1) is 32.7. The SMILES string of the molecule is C/C=C(/C)C(C)/C(=C\C(C)CC)CNC(=O)C1=C(C)NC(Nc2nc3ccccc3o2)=NC1c1ccccc1Cl.CC. The van der Waals surface area contributed by atoms with E-state index in [2.05, 4.69) is 60.8 Å². The van der Waals surface area contributed by atoms with Gasteiger partial charge in [-0.05, 0) is 56.4 Å². The summed E-state index contributed by atoms with van der Waals surface area (Å²) in [6.07, 6.45) is 5.44. The minimum Gasteiger partial charge on any atom is -0.423 e. The highest BCUT2D eigenvalue weighted by molar-refractivity contribution is 6.31. The molecule has 2 heterocycles. The quantitative estimate of drug-likeness (QED) is 0.217. The van der Waals surface area contributed by atoms with E-state index >= 15 is 0 Å². The number of para-hydroxylation sites is 2. The van der Waals surface area contributed by atoms with Gasteiger partial charge in [0.05, 0.1) is 5.57 Å². The lowest BCUT2D eigenvalue weighted by Gasteiger charge is -2.27. The molecule has 3 unspecified atom stereocenters. The molecule has 0 saturated heterocycles. The van der Waals surface area contributed by atoms with Crippen molar-refractivity contribution in [2.75, 3.05) is 11.9 Å². The molecular formula is C34H44ClN5O2. The first-order chi connectivity index (χ1) is 20.2. The van der Waals surface area contributed by atoms with Gasteiger partial charge in [0.15, 0.2) is 5.58 Å². The Bertz CT molecular complexity index is 1470. The van der Waals surface area contributed by atoms with E-state index in [0.29, 0.717) is 46.3 Å². The lowest BCUT2D eigenvalue weighted by atomic mass is 9.90. The van der Waals surface area contributed by atoms with Gasteiger partial charge in [0.2, 0.25) is 5.96 Å². The van der Waals surface area contributed by atoms with Gasteiger partial charge in [0.1, 0.15) is 11.6 Å². The summed E-state index contributed by atoms with van der Waals surface area (Å²) in [6, 6.07) is 14.7. The predicted octanol–water partition coefficient (Wildman–Crippen LogP) is 8.58. The number of benzene rings is 2. The highest BCUT2D eigenvalue weighted by Gasteiger charge is 2.31. The second kappa shape index (κ2) is 15.4. The summed E-state index contributed by atoms with van der Waals surface area (Å²) in [5.41, 5.74) is 5.78. The van der Waals surface area contributed by atoms with Crippen LogP contribution in [0.4, 0.5) is 6.01 Å². The van der Waals surface area contributed by atoms with Crippen LogP contribution >= 0.6 is 11.6 Å². The Kier molecular flexibility index (Phi) is 12.0. The van der Waals surface area contributed by atoms with Crippen LogP contribution in [-0.2, 0) is 4.79 Å². The van der Waals surface area contributed by atoms with Crippen LogP contribution in [0.5, 0.6) is 0 Å². The van der Waals surface area contributed by atoms with E-state index in [-0.39, 0.29) is 11.8 Å². The number of nitrogens with one attached hydrogen (secondary N) is 3. The number of fused-ring (bicyclic) bond motifs is 1. The molecule has 0 bridgehead atoms. The van der Waals surface area contributed by atoms with E-state index in [9.17, 15) is 4.79 Å². The van der Waals surface area contributed by atoms with Crippen molar-refractivity contribution in [2.45, 2.75) is 67.9 Å². The third-order valence-electron chi connectivity index (χ3n) is 7.50. The molecule has 1 aliphatic heterocycles. The molecule has 3 aromatic rings. The summed E-state index contributed by atoms with van der Waals surface area (Å²) in [7, 11) is 0. The second-order valence-corrected chi connectivity index (χ2v) is 10.6. The van der Waals surface area contributed by atoms with E-state index in [1.54, 1.807) is 0 Å². The zero-order valence-electron chi connectivity index (χ0n) is 26.0. The predicted molar refractivity (Wildman–Crippen MR) is 176 cm³/mol. The van der Waals surface area contributed by atoms with E-state index in [1.165, 1.54) is 11.1 Å². The van der Waals surface area contributed by atoms with Gasteiger partial charge in [-0.1, -0.05) is 101 Å². The molecule has 7 nitrogen and oxygen atoms in total. The Morgan fingerprint density at radius 3 is 2.50 bits per heavy atom. The number of carbonyl (C=O) groups excluding carboxylic acids is 1. The molecule has 2 aromatic carbocycles. The van der Waals surface area contributed by atoms with Crippen LogP contribution < -0.4 is 16.0 Å². The molecule has 8 heteroatoms. The molecule has 0 radical (unpaired) electrons. The van der Waals surface area contributed by atoms with Crippen LogP contribution in [-0.4, -0.2) is 23.4 Å². The molecule has 1 amide bonds. The maximum Gasteiger partial charge on any atom is 0.302 e. The van der Waals surface area contributed by atoms with Crippen LogP contribution in [0.1, 0.15) is 73.4 Å². The van der Waals surface area contributed by atoms with Gasteiger partial charge in [0.25, 0.3) is 5.91 Å². The number of rotatable bonds is 9. The van der Waals surface area contributed by atoms with E-state index < -0.39 is 6.04 Å². The third-order valence-corrected chi connectivity index (χ3v) is 7.84. The fraction of sp³-hybridized carbons (Fsp3) is 0.382. The van der Waals surface area contributed by atoms with Crippen molar-refractivity contribution >= 4 is 40.6 Å². The van der Waals surface area contributed by atoms with Crippen molar-refractivity contribution in [3.05, 3.63) is 93.7 Å². The molecule has 3 atom stereocenters. The number of guanidine groups is 1. The molecular weight excluding hydrogens is 546 g/mol. The van der Waals surface area contributed by atoms with Crippen LogP contribution in [0.3, 0.4) is 0 Å². The van der Waals surface area contributed by atoms with E-state index in [4.69, 9.17) is 21.0 Å². The summed E-state index contributed by atoms with van der Waals surface area (Å²) in [4.78, 5) is 23.1. The second-order valence-electron chi connectivity index (χ2n) is 10.2. The highest BCUT2D eigenvalue weighted by atomic mass is 35.5. The topological polar surface area (TPSA) is 91.6 Å². The zero-order valence-corrected chi connectivity index (χ0v) is 26.8. The molecule has 42 heavy (non-hydrogen) atoms. The maximum absolute atomic E-state index is 13.8. The molecule has 0 fully saturated rings. The van der Waals surface area contributed by atoms with Gasteiger partial charge in [-0.25, -0.2) is 4.99 Å². The van der Waals surface area contributed by atoms with E-state index in [0.717, 1.165) is 17.5 Å². The van der Waals surface area contributed by atoms with Crippen LogP contribution in [0, 0.1) is 11.8 Å². The van der Waals surface area contributed by atoms with Crippen molar-refractivity contribution < 1.29 is 9.21 Å². The van der Waals surface area contributed by atoms with Crippen molar-refractivity contribution in [1.82, 2.24) is 15.6 Å². The first-order valence-electron chi connectivity index (χ1n) is 14.8. The molecule has 1 aromatic heterocycles. The molecule has 4 rings (SSSR count).